The molecule has 0 aliphatic carbocycles. The van der Waals surface area contributed by atoms with Crippen LogP contribution in [0.15, 0.2) is 4.47 Å². The summed E-state index contributed by atoms with van der Waals surface area (Å²) in [4.78, 5) is 0. The second-order valence-electron chi connectivity index (χ2n) is 5.35. The molecule has 102 valence electrons. The van der Waals surface area contributed by atoms with Crippen molar-refractivity contribution in [2.24, 2.45) is 0 Å². The van der Waals surface area contributed by atoms with Gasteiger partial charge in [-0.3, -0.25) is 0 Å². The van der Waals surface area contributed by atoms with E-state index in [1.165, 1.54) is 41.7 Å². The van der Waals surface area contributed by atoms with Gasteiger partial charge in [-0.2, -0.15) is 5.10 Å². The van der Waals surface area contributed by atoms with Gasteiger partial charge in [-0.25, -0.2) is 4.68 Å². The monoisotopic (exact) mass is 313 g/mol. The van der Waals surface area contributed by atoms with Crippen molar-refractivity contribution in [2.75, 3.05) is 5.32 Å². The number of hydrogen-bond acceptors (Lipinski definition) is 2. The molecule has 0 spiro atoms. The van der Waals surface area contributed by atoms with Crippen molar-refractivity contribution in [3.05, 3.63) is 10.2 Å². The van der Waals surface area contributed by atoms with Gasteiger partial charge in [-0.15, -0.1) is 0 Å². The summed E-state index contributed by atoms with van der Waals surface area (Å²) in [7, 11) is 0. The highest BCUT2D eigenvalue weighted by molar-refractivity contribution is 9.10. The van der Waals surface area contributed by atoms with E-state index in [-0.39, 0.29) is 0 Å². The van der Waals surface area contributed by atoms with Crippen molar-refractivity contribution in [3.63, 3.8) is 0 Å². The number of hydrogen-bond donors (Lipinski definition) is 1. The molecule has 2 rings (SSSR count). The Labute approximate surface area is 118 Å². The third-order valence-corrected chi connectivity index (χ3v) is 4.64. The zero-order valence-electron chi connectivity index (χ0n) is 11.7. The minimum absolute atomic E-state index is 0.550. The Morgan fingerprint density at radius 1 is 1.50 bits per heavy atom. The molecule has 2 unspecified atom stereocenters. The first-order valence-corrected chi connectivity index (χ1v) is 7.99. The maximum atomic E-state index is 4.82. The Morgan fingerprint density at radius 2 is 2.28 bits per heavy atom. The molecule has 2 heterocycles. The van der Waals surface area contributed by atoms with Crippen molar-refractivity contribution in [3.8, 4) is 0 Å². The van der Waals surface area contributed by atoms with Gasteiger partial charge in [0.2, 0.25) is 0 Å². The smallest absolute Gasteiger partial charge is 0.139 e. The normalized spacial score (nSPS) is 20.3. The predicted molar refractivity (Wildman–Crippen MR) is 80.2 cm³/mol. The lowest BCUT2D eigenvalue weighted by Crippen LogP contribution is -2.26. The first-order valence-electron chi connectivity index (χ1n) is 7.20. The van der Waals surface area contributed by atoms with Gasteiger partial charge >= 0.3 is 0 Å². The molecule has 18 heavy (non-hydrogen) atoms. The van der Waals surface area contributed by atoms with Crippen molar-refractivity contribution < 1.29 is 0 Å². The summed E-state index contributed by atoms with van der Waals surface area (Å²) in [6.07, 6.45) is 6.13. The molecule has 4 heteroatoms. The molecule has 1 aliphatic heterocycles. The average Bonchev–Trinajstić information content (AvgIpc) is 2.68. The molecule has 0 saturated carbocycles. The van der Waals surface area contributed by atoms with E-state index in [4.69, 9.17) is 5.10 Å². The lowest BCUT2D eigenvalue weighted by molar-refractivity contribution is 0.494. The second kappa shape index (κ2) is 6.09. The fourth-order valence-electron chi connectivity index (χ4n) is 2.63. The summed E-state index contributed by atoms with van der Waals surface area (Å²) in [6, 6.07) is 0.550. The number of aryl methyl sites for hydroxylation is 1. The molecule has 3 nitrogen and oxygen atoms in total. The molecule has 1 aromatic heterocycles. The van der Waals surface area contributed by atoms with Gasteiger partial charge in [0.25, 0.3) is 0 Å². The molecule has 0 aromatic carbocycles. The summed E-state index contributed by atoms with van der Waals surface area (Å²) in [6.45, 7) is 7.79. The van der Waals surface area contributed by atoms with E-state index in [2.05, 4.69) is 46.7 Å². The van der Waals surface area contributed by atoms with Crippen LogP contribution in [0.2, 0.25) is 0 Å². The van der Waals surface area contributed by atoms with Gasteiger partial charge in [0.15, 0.2) is 0 Å². The summed E-state index contributed by atoms with van der Waals surface area (Å²) in [5.41, 5.74) is 1.25. The number of fused-ring (bicyclic) bond motifs is 1. The van der Waals surface area contributed by atoms with E-state index in [1.807, 2.05) is 0 Å². The number of anilines is 1. The van der Waals surface area contributed by atoms with Crippen LogP contribution in [-0.4, -0.2) is 15.8 Å². The first-order chi connectivity index (χ1) is 8.67. The lowest BCUT2D eigenvalue weighted by Gasteiger charge is -2.22. The number of rotatable bonds is 5. The third-order valence-electron chi connectivity index (χ3n) is 3.86. The highest BCUT2D eigenvalue weighted by Gasteiger charge is 2.25. The van der Waals surface area contributed by atoms with Gasteiger partial charge < -0.3 is 5.32 Å². The van der Waals surface area contributed by atoms with Gasteiger partial charge in [-0.05, 0) is 42.1 Å². The zero-order chi connectivity index (χ0) is 13.1. The molecule has 0 bridgehead atoms. The molecule has 0 radical (unpaired) electrons. The van der Waals surface area contributed by atoms with Gasteiger partial charge in [0.05, 0.1) is 10.2 Å². The number of unbranched alkanes of at least 4 members (excludes halogenated alkanes) is 1. The summed E-state index contributed by atoms with van der Waals surface area (Å²) in [5, 5.41) is 8.35. The third kappa shape index (κ3) is 2.73. The first kappa shape index (κ1) is 13.9. The molecular formula is C14H24BrN3. The molecule has 1 aromatic rings. The Morgan fingerprint density at radius 3 is 2.94 bits per heavy atom. The molecule has 0 saturated heterocycles. The number of aromatic nitrogens is 2. The zero-order valence-corrected chi connectivity index (χ0v) is 13.3. The topological polar surface area (TPSA) is 29.9 Å². The molecule has 0 fully saturated rings. The maximum Gasteiger partial charge on any atom is 0.139 e. The Kier molecular flexibility index (Phi) is 4.71. The minimum atomic E-state index is 0.550. The van der Waals surface area contributed by atoms with Gasteiger partial charge in [-0.1, -0.05) is 26.7 Å². The minimum Gasteiger partial charge on any atom is -0.367 e. The van der Waals surface area contributed by atoms with Crippen LogP contribution in [0, 0.1) is 0 Å². The van der Waals surface area contributed by atoms with Crippen LogP contribution in [0.5, 0.6) is 0 Å². The van der Waals surface area contributed by atoms with E-state index < -0.39 is 0 Å². The number of nitrogens with zero attached hydrogens (tertiary/aromatic N) is 2. The van der Waals surface area contributed by atoms with E-state index >= 15 is 0 Å². The van der Waals surface area contributed by atoms with Crippen LogP contribution in [0.25, 0.3) is 0 Å². The fraction of sp³-hybridized carbons (Fsp3) is 0.786. The van der Waals surface area contributed by atoms with Crippen LogP contribution < -0.4 is 5.32 Å². The summed E-state index contributed by atoms with van der Waals surface area (Å²) in [5.74, 6) is 1.77. The quantitative estimate of drug-likeness (QED) is 0.865. The average molecular weight is 314 g/mol. The van der Waals surface area contributed by atoms with E-state index in [0.717, 1.165) is 13.0 Å². The van der Waals surface area contributed by atoms with Crippen molar-refractivity contribution in [2.45, 2.75) is 71.4 Å². The molecular weight excluding hydrogens is 290 g/mol. The largest absolute Gasteiger partial charge is 0.367 e. The van der Waals surface area contributed by atoms with Gasteiger partial charge in [0, 0.05) is 18.5 Å². The summed E-state index contributed by atoms with van der Waals surface area (Å²) < 4.78 is 3.32. The number of halogens is 1. The second-order valence-corrected chi connectivity index (χ2v) is 6.15. The van der Waals surface area contributed by atoms with E-state index in [9.17, 15) is 0 Å². The highest BCUT2D eigenvalue weighted by atomic mass is 79.9. The molecule has 0 amide bonds. The van der Waals surface area contributed by atoms with Crippen LogP contribution in [0.3, 0.4) is 0 Å². The Hall–Kier alpha value is -0.510. The van der Waals surface area contributed by atoms with Crippen LogP contribution >= 0.6 is 15.9 Å². The molecule has 1 N–H and O–H groups in total. The van der Waals surface area contributed by atoms with Crippen LogP contribution in [0.4, 0.5) is 5.82 Å². The predicted octanol–water partition coefficient (Wildman–Crippen LogP) is 4.53. The van der Waals surface area contributed by atoms with Crippen molar-refractivity contribution in [1.82, 2.24) is 9.78 Å². The van der Waals surface area contributed by atoms with Crippen molar-refractivity contribution in [1.29, 1.82) is 0 Å². The molecule has 2 atom stereocenters. The molecule has 1 aliphatic rings. The summed E-state index contributed by atoms with van der Waals surface area (Å²) >= 11 is 3.75. The van der Waals surface area contributed by atoms with Crippen LogP contribution in [-0.2, 0) is 6.54 Å². The highest BCUT2D eigenvalue weighted by Crippen LogP contribution is 2.37. The Balaban J connectivity index is 2.22. The number of nitrogens with one attached hydrogen (secondary N) is 1. The van der Waals surface area contributed by atoms with E-state index in [1.54, 1.807) is 0 Å². The van der Waals surface area contributed by atoms with E-state index in [0.29, 0.717) is 12.0 Å². The Bertz CT molecular complexity index is 400. The SMILES string of the molecule is CCCCC(CC)c1nn2c(c1Br)NC(C)CC2. The fourth-order valence-corrected chi connectivity index (χ4v) is 3.35. The maximum absolute atomic E-state index is 4.82. The van der Waals surface area contributed by atoms with Crippen LogP contribution in [0.1, 0.15) is 64.5 Å². The lowest BCUT2D eigenvalue weighted by atomic mass is 9.96. The standard InChI is InChI=1S/C14H24BrN3/c1-4-6-7-11(5-2)13-12(15)14-16-10(3)8-9-18(14)17-13/h10-11,16H,4-9H2,1-3H3. The van der Waals surface area contributed by atoms with Gasteiger partial charge in [0.1, 0.15) is 5.82 Å². The van der Waals surface area contributed by atoms with Crippen molar-refractivity contribution >= 4 is 21.7 Å².